The SMILES string of the molecule is C(=N\Nc1ccccc1)/c1ccc(-c2csnn2)cc1. The van der Waals surface area contributed by atoms with Gasteiger partial charge in [-0.15, -0.1) is 5.10 Å². The van der Waals surface area contributed by atoms with Crippen LogP contribution >= 0.6 is 11.5 Å². The first-order valence-corrected chi connectivity index (χ1v) is 6.97. The lowest BCUT2D eigenvalue weighted by Gasteiger charge is -1.99. The summed E-state index contributed by atoms with van der Waals surface area (Å²) in [6.07, 6.45) is 1.79. The minimum Gasteiger partial charge on any atom is -0.279 e. The summed E-state index contributed by atoms with van der Waals surface area (Å²) in [5.74, 6) is 0. The minimum absolute atomic E-state index is 0.904. The predicted octanol–water partition coefficient (Wildman–Crippen LogP) is 3.65. The maximum Gasteiger partial charge on any atom is 0.105 e. The number of hydrogen-bond acceptors (Lipinski definition) is 5. The zero-order valence-corrected chi connectivity index (χ0v) is 11.4. The van der Waals surface area contributed by atoms with E-state index in [1.807, 2.05) is 60.0 Å². The number of hydrogen-bond donors (Lipinski definition) is 1. The Morgan fingerprint density at radius 3 is 2.50 bits per heavy atom. The molecule has 0 aliphatic rings. The van der Waals surface area contributed by atoms with Crippen molar-refractivity contribution >= 4 is 23.4 Å². The van der Waals surface area contributed by atoms with Gasteiger partial charge in [-0.3, -0.25) is 5.43 Å². The molecule has 0 bridgehead atoms. The van der Waals surface area contributed by atoms with E-state index >= 15 is 0 Å². The van der Waals surface area contributed by atoms with Crippen molar-refractivity contribution in [2.24, 2.45) is 5.10 Å². The van der Waals surface area contributed by atoms with E-state index in [9.17, 15) is 0 Å². The molecule has 4 nitrogen and oxygen atoms in total. The van der Waals surface area contributed by atoms with Gasteiger partial charge in [0.2, 0.25) is 0 Å². The maximum absolute atomic E-state index is 4.20. The largest absolute Gasteiger partial charge is 0.279 e. The number of anilines is 1. The van der Waals surface area contributed by atoms with Gasteiger partial charge >= 0.3 is 0 Å². The normalized spacial score (nSPS) is 10.8. The number of benzene rings is 2. The highest BCUT2D eigenvalue weighted by molar-refractivity contribution is 7.03. The number of hydrazone groups is 1. The number of para-hydroxylation sites is 1. The Hall–Kier alpha value is -2.53. The van der Waals surface area contributed by atoms with Crippen LogP contribution in [-0.2, 0) is 0 Å². The van der Waals surface area contributed by atoms with E-state index in [1.54, 1.807) is 6.21 Å². The third kappa shape index (κ3) is 3.07. The van der Waals surface area contributed by atoms with Crippen LogP contribution in [-0.4, -0.2) is 15.8 Å². The predicted molar refractivity (Wildman–Crippen MR) is 83.0 cm³/mol. The third-order valence-electron chi connectivity index (χ3n) is 2.75. The fraction of sp³-hybridized carbons (Fsp3) is 0. The van der Waals surface area contributed by atoms with E-state index < -0.39 is 0 Å². The summed E-state index contributed by atoms with van der Waals surface area (Å²) in [6, 6.07) is 17.9. The highest BCUT2D eigenvalue weighted by Gasteiger charge is 1.99. The maximum atomic E-state index is 4.20. The molecule has 2 aromatic carbocycles. The third-order valence-corrected chi connectivity index (χ3v) is 3.25. The van der Waals surface area contributed by atoms with Crippen LogP contribution < -0.4 is 5.43 Å². The summed E-state index contributed by atoms with van der Waals surface area (Å²) in [6.45, 7) is 0. The van der Waals surface area contributed by atoms with E-state index in [0.29, 0.717) is 0 Å². The molecule has 3 rings (SSSR count). The van der Waals surface area contributed by atoms with Crippen molar-refractivity contribution in [2.45, 2.75) is 0 Å². The summed E-state index contributed by atoms with van der Waals surface area (Å²) < 4.78 is 3.86. The summed E-state index contributed by atoms with van der Waals surface area (Å²) in [7, 11) is 0. The van der Waals surface area contributed by atoms with Gasteiger partial charge in [0.25, 0.3) is 0 Å². The second-order valence-corrected chi connectivity index (χ2v) is 4.76. The Morgan fingerprint density at radius 2 is 1.80 bits per heavy atom. The van der Waals surface area contributed by atoms with Crippen LogP contribution in [0.5, 0.6) is 0 Å². The molecule has 0 atom stereocenters. The molecule has 0 aliphatic carbocycles. The standard InChI is InChI=1S/C15H12N4S/c1-2-4-14(5-3-1)17-16-10-12-6-8-13(9-7-12)15-11-20-19-18-15/h1-11,17H/b16-10+. The number of rotatable bonds is 4. The second-order valence-electron chi connectivity index (χ2n) is 4.15. The van der Waals surface area contributed by atoms with Crippen LogP contribution in [0.1, 0.15) is 5.56 Å². The molecule has 1 heterocycles. The molecule has 1 aromatic heterocycles. The molecule has 20 heavy (non-hydrogen) atoms. The van der Waals surface area contributed by atoms with E-state index in [2.05, 4.69) is 20.1 Å². The van der Waals surface area contributed by atoms with Gasteiger partial charge < -0.3 is 0 Å². The average Bonchev–Trinajstić information content (AvgIpc) is 3.03. The molecule has 0 unspecified atom stereocenters. The topological polar surface area (TPSA) is 50.2 Å². The highest BCUT2D eigenvalue weighted by atomic mass is 32.1. The van der Waals surface area contributed by atoms with Crippen molar-refractivity contribution in [1.29, 1.82) is 0 Å². The van der Waals surface area contributed by atoms with Crippen LogP contribution in [0.2, 0.25) is 0 Å². The Bertz CT molecular complexity index is 676. The second kappa shape index (κ2) is 6.08. The van der Waals surface area contributed by atoms with Gasteiger partial charge in [-0.05, 0) is 29.2 Å². The molecule has 0 aliphatic heterocycles. The zero-order chi connectivity index (χ0) is 13.6. The first-order chi connectivity index (χ1) is 9.92. The lowest BCUT2D eigenvalue weighted by atomic mass is 10.1. The first-order valence-electron chi connectivity index (χ1n) is 6.13. The van der Waals surface area contributed by atoms with Gasteiger partial charge in [0.05, 0.1) is 11.9 Å². The molecule has 0 amide bonds. The van der Waals surface area contributed by atoms with E-state index in [-0.39, 0.29) is 0 Å². The van der Waals surface area contributed by atoms with Crippen LogP contribution in [0.25, 0.3) is 11.3 Å². The molecule has 0 radical (unpaired) electrons. The molecule has 3 aromatic rings. The fourth-order valence-corrected chi connectivity index (χ4v) is 2.19. The molecule has 0 saturated heterocycles. The van der Waals surface area contributed by atoms with Gasteiger partial charge in [-0.2, -0.15) is 5.10 Å². The van der Waals surface area contributed by atoms with Gasteiger partial charge in [0, 0.05) is 10.9 Å². The molecule has 0 spiro atoms. The molecular weight excluding hydrogens is 268 g/mol. The van der Waals surface area contributed by atoms with Crippen molar-refractivity contribution in [1.82, 2.24) is 9.59 Å². The van der Waals surface area contributed by atoms with Gasteiger partial charge in [0.15, 0.2) is 0 Å². The molecule has 0 fully saturated rings. The minimum atomic E-state index is 0.904. The Morgan fingerprint density at radius 1 is 1.00 bits per heavy atom. The Labute approximate surface area is 121 Å². The first kappa shape index (κ1) is 12.5. The fourth-order valence-electron chi connectivity index (χ4n) is 1.72. The number of nitrogens with one attached hydrogen (secondary N) is 1. The van der Waals surface area contributed by atoms with Crippen LogP contribution in [0, 0.1) is 0 Å². The summed E-state index contributed by atoms with van der Waals surface area (Å²) in [5.41, 5.74) is 6.94. The smallest absolute Gasteiger partial charge is 0.105 e. The quantitative estimate of drug-likeness (QED) is 0.586. The Balaban J connectivity index is 1.66. The van der Waals surface area contributed by atoms with Crippen molar-refractivity contribution < 1.29 is 0 Å². The van der Waals surface area contributed by atoms with Gasteiger partial charge in [-0.25, -0.2) is 0 Å². The number of nitrogens with zero attached hydrogens (tertiary/aromatic N) is 3. The molecule has 98 valence electrons. The van der Waals surface area contributed by atoms with Crippen LogP contribution in [0.4, 0.5) is 5.69 Å². The summed E-state index contributed by atoms with van der Waals surface area (Å²) in [5, 5.41) is 10.2. The van der Waals surface area contributed by atoms with Crippen LogP contribution in [0.3, 0.4) is 0 Å². The Kier molecular flexibility index (Phi) is 3.80. The van der Waals surface area contributed by atoms with Crippen molar-refractivity contribution in [3.8, 4) is 11.3 Å². The van der Waals surface area contributed by atoms with Crippen molar-refractivity contribution in [2.75, 3.05) is 5.43 Å². The van der Waals surface area contributed by atoms with Crippen LogP contribution in [0.15, 0.2) is 65.1 Å². The lowest BCUT2D eigenvalue weighted by Crippen LogP contribution is -1.90. The summed E-state index contributed by atoms with van der Waals surface area (Å²) >= 11 is 1.35. The molecule has 1 N–H and O–H groups in total. The molecular formula is C15H12N4S. The molecule has 0 saturated carbocycles. The molecule has 5 heteroatoms. The van der Waals surface area contributed by atoms with E-state index in [4.69, 9.17) is 0 Å². The van der Waals surface area contributed by atoms with E-state index in [1.165, 1.54) is 11.5 Å². The van der Waals surface area contributed by atoms with E-state index in [0.717, 1.165) is 22.5 Å². The van der Waals surface area contributed by atoms with Gasteiger partial charge in [0.1, 0.15) is 5.69 Å². The number of aromatic nitrogens is 2. The van der Waals surface area contributed by atoms with Gasteiger partial charge in [-0.1, -0.05) is 47.0 Å². The monoisotopic (exact) mass is 280 g/mol. The summed E-state index contributed by atoms with van der Waals surface area (Å²) in [4.78, 5) is 0. The highest BCUT2D eigenvalue weighted by Crippen LogP contribution is 2.17. The lowest BCUT2D eigenvalue weighted by molar-refractivity contribution is 1.16. The van der Waals surface area contributed by atoms with Crippen molar-refractivity contribution in [3.63, 3.8) is 0 Å². The van der Waals surface area contributed by atoms with Crippen molar-refractivity contribution in [3.05, 3.63) is 65.5 Å². The zero-order valence-electron chi connectivity index (χ0n) is 10.6. The average molecular weight is 280 g/mol.